The van der Waals surface area contributed by atoms with E-state index >= 15 is 0 Å². The molecule has 0 aliphatic carbocycles. The van der Waals surface area contributed by atoms with Gasteiger partial charge in [0.15, 0.2) is 5.43 Å². The fourth-order valence-corrected chi connectivity index (χ4v) is 5.11. The van der Waals surface area contributed by atoms with E-state index in [2.05, 4.69) is 25.8 Å². The zero-order chi connectivity index (χ0) is 23.0. The molecule has 1 saturated heterocycles. The highest BCUT2D eigenvalue weighted by atomic mass is 19.3. The van der Waals surface area contributed by atoms with E-state index < -0.39 is 17.3 Å². The third-order valence-corrected chi connectivity index (χ3v) is 6.76. The number of carboxylic acid groups (broad SMARTS) is 1. The molecule has 0 bridgehead atoms. The van der Waals surface area contributed by atoms with E-state index in [1.54, 1.807) is 4.90 Å². The Balaban J connectivity index is 1.79. The quantitative estimate of drug-likeness (QED) is 0.605. The van der Waals surface area contributed by atoms with Crippen molar-refractivity contribution in [2.75, 3.05) is 18.0 Å². The second-order valence-corrected chi connectivity index (χ2v) is 9.95. The van der Waals surface area contributed by atoms with Crippen molar-refractivity contribution in [1.82, 2.24) is 9.55 Å². The Kier molecular flexibility index (Phi) is 4.32. The lowest BCUT2D eigenvalue weighted by atomic mass is 9.78. The maximum Gasteiger partial charge on any atom is 0.341 e. The van der Waals surface area contributed by atoms with Gasteiger partial charge < -0.3 is 19.6 Å². The summed E-state index contributed by atoms with van der Waals surface area (Å²) in [6, 6.07) is 5.12. The first kappa shape index (κ1) is 20.7. The second kappa shape index (κ2) is 6.67. The summed E-state index contributed by atoms with van der Waals surface area (Å²) in [5.74, 6) is -4.00. The molecule has 0 amide bonds. The lowest BCUT2D eigenvalue weighted by molar-refractivity contribution is 0.0257. The number of pyridine rings is 1. The van der Waals surface area contributed by atoms with Crippen molar-refractivity contribution >= 4 is 22.6 Å². The minimum absolute atomic E-state index is 0.0798. The topological polar surface area (TPSA) is 78.3 Å². The number of carboxylic acids is 1. The van der Waals surface area contributed by atoms with Crippen LogP contribution in [-0.4, -0.2) is 39.6 Å². The highest BCUT2D eigenvalue weighted by molar-refractivity contribution is 5.99. The first-order chi connectivity index (χ1) is 15.0. The Morgan fingerprint density at radius 2 is 2.03 bits per heavy atom. The van der Waals surface area contributed by atoms with E-state index in [9.17, 15) is 23.5 Å². The van der Waals surface area contributed by atoms with E-state index in [1.807, 2.05) is 22.9 Å². The summed E-state index contributed by atoms with van der Waals surface area (Å²) in [7, 11) is 0. The molecule has 1 aromatic carbocycles. The van der Waals surface area contributed by atoms with Gasteiger partial charge in [-0.25, -0.2) is 13.6 Å². The number of halogens is 2. The summed E-state index contributed by atoms with van der Waals surface area (Å²) in [6.07, 6.45) is 3.68. The maximum absolute atomic E-state index is 14.0. The van der Waals surface area contributed by atoms with Crippen LogP contribution >= 0.6 is 0 Å². The lowest BCUT2D eigenvalue weighted by Gasteiger charge is -2.39. The third kappa shape index (κ3) is 3.12. The van der Waals surface area contributed by atoms with Gasteiger partial charge in [0.1, 0.15) is 5.56 Å². The van der Waals surface area contributed by atoms with Crippen LogP contribution in [0.5, 0.6) is 0 Å². The standard InChI is InChI=1S/C24H25F2N3O3/c1-23(2,3)20-9-14-13-4-6-27-21(13)18(28-7-5-24(25,26)12-28)8-15(14)17-10-19(30)16(22(31)32)11-29(17)20/h4,6,8,10-11,20,27H,5,7,9,12H2,1-3H3,(H,31,32)/t20-/m0/s1. The van der Waals surface area contributed by atoms with E-state index in [0.717, 1.165) is 22.0 Å². The van der Waals surface area contributed by atoms with Crippen LogP contribution in [-0.2, 0) is 6.42 Å². The number of hydrogen-bond acceptors (Lipinski definition) is 3. The highest BCUT2D eigenvalue weighted by Gasteiger charge is 2.40. The van der Waals surface area contributed by atoms with Crippen molar-refractivity contribution in [3.8, 4) is 11.3 Å². The molecule has 1 fully saturated rings. The fraction of sp³-hybridized carbons (Fsp3) is 0.417. The van der Waals surface area contributed by atoms with Crippen LogP contribution in [0, 0.1) is 5.41 Å². The Bertz CT molecular complexity index is 1320. The molecule has 2 aliphatic heterocycles. The van der Waals surface area contributed by atoms with Gasteiger partial charge in [-0.15, -0.1) is 0 Å². The molecule has 0 spiro atoms. The van der Waals surface area contributed by atoms with Crippen molar-refractivity contribution in [2.24, 2.45) is 5.41 Å². The number of nitrogens with one attached hydrogen (secondary N) is 1. The van der Waals surface area contributed by atoms with Crippen molar-refractivity contribution in [3.05, 3.63) is 51.9 Å². The summed E-state index contributed by atoms with van der Waals surface area (Å²) in [5.41, 5.74) is 2.90. The van der Waals surface area contributed by atoms with E-state index in [0.29, 0.717) is 17.8 Å². The van der Waals surface area contributed by atoms with Gasteiger partial charge in [0.25, 0.3) is 5.92 Å². The Labute approximate surface area is 183 Å². The number of carbonyl (C=O) groups is 1. The summed E-state index contributed by atoms with van der Waals surface area (Å²) in [5, 5.41) is 10.5. The number of H-pyrrole nitrogens is 1. The summed E-state index contributed by atoms with van der Waals surface area (Å²) >= 11 is 0. The van der Waals surface area contributed by atoms with Crippen molar-refractivity contribution in [2.45, 2.75) is 45.6 Å². The van der Waals surface area contributed by atoms with Gasteiger partial charge >= 0.3 is 5.97 Å². The first-order valence-electron chi connectivity index (χ1n) is 10.7. The van der Waals surface area contributed by atoms with Crippen LogP contribution in [0.1, 0.15) is 49.2 Å². The number of nitrogens with zero attached hydrogens (tertiary/aromatic N) is 2. The maximum atomic E-state index is 14.0. The number of aromatic nitrogens is 2. The van der Waals surface area contributed by atoms with Gasteiger partial charge in [0.05, 0.1) is 23.4 Å². The van der Waals surface area contributed by atoms with E-state index in [-0.39, 0.29) is 36.5 Å². The third-order valence-electron chi connectivity index (χ3n) is 6.76. The highest BCUT2D eigenvalue weighted by Crippen LogP contribution is 2.47. The Morgan fingerprint density at radius 3 is 2.66 bits per heavy atom. The minimum atomic E-state index is -2.74. The molecular weight excluding hydrogens is 416 g/mol. The van der Waals surface area contributed by atoms with Gasteiger partial charge in [-0.3, -0.25) is 4.79 Å². The zero-order valence-electron chi connectivity index (χ0n) is 18.2. The van der Waals surface area contributed by atoms with Crippen molar-refractivity contribution in [1.29, 1.82) is 0 Å². The minimum Gasteiger partial charge on any atom is -0.477 e. The van der Waals surface area contributed by atoms with Gasteiger partial charge in [-0.1, -0.05) is 20.8 Å². The monoisotopic (exact) mass is 441 g/mol. The van der Waals surface area contributed by atoms with Gasteiger partial charge in [-0.2, -0.15) is 0 Å². The number of fused-ring (bicyclic) bond motifs is 5. The number of rotatable bonds is 2. The average molecular weight is 441 g/mol. The second-order valence-electron chi connectivity index (χ2n) is 9.95. The molecule has 2 aliphatic rings. The fourth-order valence-electron chi connectivity index (χ4n) is 5.11. The number of anilines is 1. The molecule has 2 aromatic heterocycles. The molecule has 8 heteroatoms. The molecule has 0 radical (unpaired) electrons. The van der Waals surface area contributed by atoms with Crippen LogP contribution in [0.4, 0.5) is 14.5 Å². The smallest absolute Gasteiger partial charge is 0.341 e. The number of aromatic amines is 1. The summed E-state index contributed by atoms with van der Waals surface area (Å²) < 4.78 is 29.9. The largest absolute Gasteiger partial charge is 0.477 e. The molecule has 0 saturated carbocycles. The van der Waals surface area contributed by atoms with Crippen molar-refractivity contribution in [3.63, 3.8) is 0 Å². The molecule has 6 nitrogen and oxygen atoms in total. The molecular formula is C24H25F2N3O3. The van der Waals surface area contributed by atoms with E-state index in [4.69, 9.17) is 0 Å². The summed E-state index contributed by atoms with van der Waals surface area (Å²) in [6.45, 7) is 6.14. The molecule has 2 N–H and O–H groups in total. The number of benzene rings is 1. The lowest BCUT2D eigenvalue weighted by Crippen LogP contribution is -2.33. The normalized spacial score (nSPS) is 19.8. The molecule has 1 atom stereocenters. The molecule has 168 valence electrons. The van der Waals surface area contributed by atoms with Crippen LogP contribution in [0.15, 0.2) is 35.4 Å². The Morgan fingerprint density at radius 1 is 1.28 bits per heavy atom. The molecule has 5 rings (SSSR count). The summed E-state index contributed by atoms with van der Waals surface area (Å²) in [4.78, 5) is 29.2. The van der Waals surface area contributed by atoms with Crippen LogP contribution in [0.3, 0.4) is 0 Å². The van der Waals surface area contributed by atoms with Crippen molar-refractivity contribution < 1.29 is 18.7 Å². The number of alkyl halides is 2. The van der Waals surface area contributed by atoms with Gasteiger partial charge in [0.2, 0.25) is 0 Å². The molecule has 0 unspecified atom stereocenters. The molecule has 3 aromatic rings. The predicted octanol–water partition coefficient (Wildman–Crippen LogP) is 4.68. The predicted molar refractivity (Wildman–Crippen MR) is 119 cm³/mol. The zero-order valence-corrected chi connectivity index (χ0v) is 18.2. The van der Waals surface area contributed by atoms with Gasteiger partial charge in [-0.05, 0) is 29.5 Å². The van der Waals surface area contributed by atoms with Crippen LogP contribution < -0.4 is 10.3 Å². The van der Waals surface area contributed by atoms with Crippen LogP contribution in [0.25, 0.3) is 22.2 Å². The Hall–Kier alpha value is -3.16. The number of hydrogen-bond donors (Lipinski definition) is 2. The van der Waals surface area contributed by atoms with E-state index in [1.165, 1.54) is 12.3 Å². The average Bonchev–Trinajstić information content (AvgIpc) is 3.31. The molecule has 4 heterocycles. The SMILES string of the molecule is CC(C)(C)[C@@H]1Cc2c(cc(N3CCC(F)(F)C3)c3[nH]ccc23)-c2cc(=O)c(C(=O)O)cn21. The van der Waals surface area contributed by atoms with Crippen LogP contribution in [0.2, 0.25) is 0 Å². The number of aromatic carboxylic acids is 1. The van der Waals surface area contributed by atoms with Gasteiger partial charge in [0, 0.05) is 48.4 Å². The molecule has 32 heavy (non-hydrogen) atoms. The first-order valence-corrected chi connectivity index (χ1v) is 10.7.